The molecular formula is C24H29N5O2. The second kappa shape index (κ2) is 8.30. The van der Waals surface area contributed by atoms with Gasteiger partial charge in [0.25, 0.3) is 5.56 Å². The summed E-state index contributed by atoms with van der Waals surface area (Å²) < 4.78 is 5.30. The van der Waals surface area contributed by atoms with Gasteiger partial charge in [0.2, 0.25) is 5.95 Å². The van der Waals surface area contributed by atoms with Crippen molar-refractivity contribution in [3.8, 4) is 5.75 Å². The number of nitrogens with one attached hydrogen (secondary N) is 1. The van der Waals surface area contributed by atoms with Crippen LogP contribution in [-0.4, -0.2) is 46.6 Å². The molecule has 0 atom stereocenters. The number of aromatic nitrogens is 3. The second-order valence-corrected chi connectivity index (χ2v) is 8.81. The van der Waals surface area contributed by atoms with Crippen LogP contribution in [0.25, 0.3) is 10.9 Å². The van der Waals surface area contributed by atoms with Gasteiger partial charge in [-0.3, -0.25) is 19.7 Å². The zero-order valence-electron chi connectivity index (χ0n) is 18.2. The fraction of sp³-hybridized carbons (Fsp3) is 0.458. The standard InChI is InChI=1S/C24H29N5O2/c1-16-7-11-29(12-8-16)24-26-22-15-28(10-9-20(22)23(30)27-24)14-18-4-3-17-13-19(31-2)5-6-21(17)25-18/h3-6,13,16H,7-12,14-15H2,1-2H3,(H,26,27,30). The number of benzene rings is 1. The van der Waals surface area contributed by atoms with Crippen LogP contribution in [0.5, 0.6) is 5.75 Å². The average Bonchev–Trinajstić information content (AvgIpc) is 2.79. The number of pyridine rings is 1. The molecule has 162 valence electrons. The Hall–Kier alpha value is -2.93. The maximum atomic E-state index is 12.7. The highest BCUT2D eigenvalue weighted by Gasteiger charge is 2.24. The number of piperidine rings is 1. The fourth-order valence-electron chi connectivity index (χ4n) is 4.58. The summed E-state index contributed by atoms with van der Waals surface area (Å²) in [6.45, 7) is 6.46. The van der Waals surface area contributed by atoms with Crippen LogP contribution in [0.4, 0.5) is 5.95 Å². The zero-order valence-corrected chi connectivity index (χ0v) is 18.2. The first-order valence-electron chi connectivity index (χ1n) is 11.1. The minimum absolute atomic E-state index is 0.0241. The van der Waals surface area contributed by atoms with Crippen LogP contribution in [-0.2, 0) is 19.5 Å². The van der Waals surface area contributed by atoms with Gasteiger partial charge < -0.3 is 9.64 Å². The predicted octanol–water partition coefficient (Wildman–Crippen LogP) is 3.12. The Morgan fingerprint density at radius 3 is 2.77 bits per heavy atom. The molecular weight excluding hydrogens is 390 g/mol. The first kappa shape index (κ1) is 20.0. The molecule has 31 heavy (non-hydrogen) atoms. The maximum absolute atomic E-state index is 12.7. The Bertz CT molecular complexity index is 1150. The summed E-state index contributed by atoms with van der Waals surface area (Å²) >= 11 is 0. The number of nitrogens with zero attached hydrogens (tertiary/aromatic N) is 4. The van der Waals surface area contributed by atoms with Crippen LogP contribution in [0, 0.1) is 5.92 Å². The lowest BCUT2D eigenvalue weighted by Crippen LogP contribution is -2.39. The van der Waals surface area contributed by atoms with E-state index in [1.54, 1.807) is 7.11 Å². The molecule has 0 unspecified atom stereocenters. The minimum atomic E-state index is 0.0241. The molecule has 0 spiro atoms. The molecule has 0 radical (unpaired) electrons. The molecule has 0 aliphatic carbocycles. The normalized spacial score (nSPS) is 17.7. The van der Waals surface area contributed by atoms with Gasteiger partial charge in [-0.15, -0.1) is 0 Å². The lowest BCUT2D eigenvalue weighted by Gasteiger charge is -2.32. The van der Waals surface area contributed by atoms with Crippen molar-refractivity contribution in [2.75, 3.05) is 31.6 Å². The monoisotopic (exact) mass is 419 g/mol. The smallest absolute Gasteiger partial charge is 0.255 e. The number of hydrogen-bond acceptors (Lipinski definition) is 6. The predicted molar refractivity (Wildman–Crippen MR) is 122 cm³/mol. The largest absolute Gasteiger partial charge is 0.497 e. The summed E-state index contributed by atoms with van der Waals surface area (Å²) in [6, 6.07) is 10.1. The second-order valence-electron chi connectivity index (χ2n) is 8.81. The lowest BCUT2D eigenvalue weighted by atomic mass is 9.99. The van der Waals surface area contributed by atoms with Crippen molar-refractivity contribution >= 4 is 16.9 Å². The zero-order chi connectivity index (χ0) is 21.4. The number of aromatic amines is 1. The Morgan fingerprint density at radius 2 is 1.97 bits per heavy atom. The van der Waals surface area contributed by atoms with E-state index in [1.807, 2.05) is 18.2 Å². The van der Waals surface area contributed by atoms with Gasteiger partial charge in [-0.1, -0.05) is 13.0 Å². The summed E-state index contributed by atoms with van der Waals surface area (Å²) in [7, 11) is 1.67. The number of ether oxygens (including phenoxy) is 1. The first-order valence-corrected chi connectivity index (χ1v) is 11.1. The van der Waals surface area contributed by atoms with Gasteiger partial charge in [0, 0.05) is 43.7 Å². The van der Waals surface area contributed by atoms with E-state index in [0.717, 1.165) is 90.9 Å². The van der Waals surface area contributed by atoms with Crippen LogP contribution >= 0.6 is 0 Å². The van der Waals surface area contributed by atoms with Gasteiger partial charge in [-0.25, -0.2) is 4.98 Å². The number of methoxy groups -OCH3 is 1. The van der Waals surface area contributed by atoms with Crippen molar-refractivity contribution in [2.45, 2.75) is 39.3 Å². The number of anilines is 1. The molecule has 2 aliphatic rings. The molecule has 1 fully saturated rings. The highest BCUT2D eigenvalue weighted by atomic mass is 16.5. The highest BCUT2D eigenvalue weighted by Crippen LogP contribution is 2.23. The van der Waals surface area contributed by atoms with Crippen LogP contribution in [0.2, 0.25) is 0 Å². The van der Waals surface area contributed by atoms with Gasteiger partial charge in [0.15, 0.2) is 0 Å². The number of hydrogen-bond donors (Lipinski definition) is 1. The molecule has 4 heterocycles. The van der Waals surface area contributed by atoms with Gasteiger partial charge in [-0.2, -0.15) is 0 Å². The van der Waals surface area contributed by atoms with Crippen molar-refractivity contribution in [1.82, 2.24) is 19.9 Å². The van der Waals surface area contributed by atoms with Gasteiger partial charge in [0.05, 0.1) is 24.0 Å². The summed E-state index contributed by atoms with van der Waals surface area (Å²) in [4.78, 5) is 30.0. The van der Waals surface area contributed by atoms with Crippen LogP contribution < -0.4 is 15.2 Å². The average molecular weight is 420 g/mol. The van der Waals surface area contributed by atoms with E-state index >= 15 is 0 Å². The summed E-state index contributed by atoms with van der Waals surface area (Å²) in [6.07, 6.45) is 3.01. The number of H-pyrrole nitrogens is 1. The summed E-state index contributed by atoms with van der Waals surface area (Å²) in [5.74, 6) is 2.31. The Balaban J connectivity index is 1.34. The van der Waals surface area contributed by atoms with Crippen molar-refractivity contribution in [1.29, 1.82) is 0 Å². The molecule has 1 N–H and O–H groups in total. The molecule has 1 aromatic carbocycles. The van der Waals surface area contributed by atoms with Crippen LogP contribution in [0.15, 0.2) is 35.1 Å². The van der Waals surface area contributed by atoms with Crippen molar-refractivity contribution < 1.29 is 4.74 Å². The highest BCUT2D eigenvalue weighted by molar-refractivity contribution is 5.80. The van der Waals surface area contributed by atoms with Crippen molar-refractivity contribution in [3.63, 3.8) is 0 Å². The van der Waals surface area contributed by atoms with Gasteiger partial charge in [0.1, 0.15) is 5.75 Å². The molecule has 0 saturated carbocycles. The van der Waals surface area contributed by atoms with E-state index < -0.39 is 0 Å². The molecule has 1 saturated heterocycles. The van der Waals surface area contributed by atoms with Crippen molar-refractivity contribution in [3.05, 3.63) is 57.6 Å². The van der Waals surface area contributed by atoms with E-state index in [0.29, 0.717) is 6.54 Å². The van der Waals surface area contributed by atoms with Gasteiger partial charge in [-0.05, 0) is 49.4 Å². The fourth-order valence-corrected chi connectivity index (χ4v) is 4.58. The Labute approximate surface area is 182 Å². The Kier molecular flexibility index (Phi) is 5.36. The van der Waals surface area contributed by atoms with Gasteiger partial charge >= 0.3 is 0 Å². The van der Waals surface area contributed by atoms with E-state index in [4.69, 9.17) is 14.7 Å². The summed E-state index contributed by atoms with van der Waals surface area (Å²) in [5, 5.41) is 1.07. The molecule has 7 nitrogen and oxygen atoms in total. The Morgan fingerprint density at radius 1 is 1.13 bits per heavy atom. The minimum Gasteiger partial charge on any atom is -0.497 e. The molecule has 5 rings (SSSR count). The third-order valence-electron chi connectivity index (χ3n) is 6.56. The number of rotatable bonds is 4. The summed E-state index contributed by atoms with van der Waals surface area (Å²) in [5.41, 5.74) is 3.76. The van der Waals surface area contributed by atoms with Crippen LogP contribution in [0.3, 0.4) is 0 Å². The SMILES string of the molecule is COc1ccc2nc(CN3CCc4c(nc(N5CCC(C)CC5)[nH]c4=O)C3)ccc2c1. The van der Waals surface area contributed by atoms with E-state index in [9.17, 15) is 4.79 Å². The van der Waals surface area contributed by atoms with E-state index in [1.165, 1.54) is 0 Å². The molecule has 7 heteroatoms. The molecule has 0 amide bonds. The molecule has 2 aromatic heterocycles. The van der Waals surface area contributed by atoms with E-state index in [2.05, 4.69) is 33.8 Å². The topological polar surface area (TPSA) is 74.3 Å². The van der Waals surface area contributed by atoms with E-state index in [-0.39, 0.29) is 5.56 Å². The molecule has 3 aromatic rings. The third kappa shape index (κ3) is 4.14. The lowest BCUT2D eigenvalue weighted by molar-refractivity contribution is 0.238. The maximum Gasteiger partial charge on any atom is 0.255 e. The molecule has 0 bridgehead atoms. The molecule has 2 aliphatic heterocycles. The van der Waals surface area contributed by atoms with Crippen LogP contribution in [0.1, 0.15) is 36.7 Å². The third-order valence-corrected chi connectivity index (χ3v) is 6.56. The number of fused-ring (bicyclic) bond motifs is 2. The first-order chi connectivity index (χ1) is 15.1. The quantitative estimate of drug-likeness (QED) is 0.700. The van der Waals surface area contributed by atoms with Crippen molar-refractivity contribution in [2.24, 2.45) is 5.92 Å².